The van der Waals surface area contributed by atoms with E-state index in [1.807, 2.05) is 12.1 Å². The number of amides is 1. The Labute approximate surface area is 143 Å². The van der Waals surface area contributed by atoms with Crippen molar-refractivity contribution in [3.05, 3.63) is 23.9 Å². The lowest BCUT2D eigenvalue weighted by molar-refractivity contribution is -0.123. The number of hydrazine groups is 1. The summed E-state index contributed by atoms with van der Waals surface area (Å²) in [7, 11) is 0. The van der Waals surface area contributed by atoms with E-state index >= 15 is 0 Å². The predicted molar refractivity (Wildman–Crippen MR) is 92.3 cm³/mol. The maximum Gasteiger partial charge on any atom is 0.238 e. The van der Waals surface area contributed by atoms with Crippen LogP contribution in [0.3, 0.4) is 0 Å². The summed E-state index contributed by atoms with van der Waals surface area (Å²) in [5.41, 5.74) is 7.25. The Bertz CT molecular complexity index is 528. The fourth-order valence-electron chi connectivity index (χ4n) is 3.41. The summed E-state index contributed by atoms with van der Waals surface area (Å²) in [6.45, 7) is 2.65. The molecule has 0 bridgehead atoms. The van der Waals surface area contributed by atoms with Crippen molar-refractivity contribution >= 4 is 5.91 Å². The molecule has 1 aromatic rings. The van der Waals surface area contributed by atoms with E-state index in [0.717, 1.165) is 37.7 Å². The van der Waals surface area contributed by atoms with Gasteiger partial charge in [0.05, 0.1) is 0 Å². The topological polar surface area (TPSA) is 75.3 Å². The van der Waals surface area contributed by atoms with E-state index in [1.54, 1.807) is 6.20 Å². The molecule has 132 valence electrons. The number of carbonyl (C=O) groups is 1. The smallest absolute Gasteiger partial charge is 0.238 e. The molecule has 2 heterocycles. The molecule has 1 aromatic heterocycles. The minimum Gasteiger partial charge on any atom is -0.474 e. The molecule has 2 atom stereocenters. The molecule has 6 nitrogen and oxygen atoms in total. The van der Waals surface area contributed by atoms with Gasteiger partial charge in [-0.1, -0.05) is 19.4 Å². The lowest BCUT2D eigenvalue weighted by atomic mass is 10.1. The number of hydrogen-bond acceptors (Lipinski definition) is 5. The molecule has 0 spiro atoms. The molecule has 6 heteroatoms. The van der Waals surface area contributed by atoms with Crippen LogP contribution < -0.4 is 20.9 Å². The molecule has 0 radical (unpaired) electrons. The highest BCUT2D eigenvalue weighted by Gasteiger charge is 2.28. The average Bonchev–Trinajstić information content (AvgIpc) is 3.26. The molecule has 2 fully saturated rings. The van der Waals surface area contributed by atoms with E-state index in [-0.39, 0.29) is 11.9 Å². The Hall–Kier alpha value is -1.66. The Balaban J connectivity index is 1.42. The molecule has 24 heavy (non-hydrogen) atoms. The third-order valence-corrected chi connectivity index (χ3v) is 4.79. The first-order valence-corrected chi connectivity index (χ1v) is 9.15. The molecule has 1 amide bonds. The standard InChI is InChI=1S/C18H28N4O2/c1-2-5-14-10-16(22-21-14)18(23)20-12-13-8-9-17(19-11-13)24-15-6-3-4-7-15/h8-9,11,14-16,21-22H,2-7,10,12H2,1H3,(H,20,23). The molecule has 2 unspecified atom stereocenters. The van der Waals surface area contributed by atoms with Crippen molar-refractivity contribution in [3.63, 3.8) is 0 Å². The van der Waals surface area contributed by atoms with Crippen molar-refractivity contribution in [2.75, 3.05) is 0 Å². The van der Waals surface area contributed by atoms with Crippen LogP contribution in [0, 0.1) is 0 Å². The number of nitrogens with one attached hydrogen (secondary N) is 3. The van der Waals surface area contributed by atoms with E-state index in [2.05, 4.69) is 28.1 Å². The number of ether oxygens (including phenoxy) is 1. The van der Waals surface area contributed by atoms with Gasteiger partial charge >= 0.3 is 0 Å². The van der Waals surface area contributed by atoms with E-state index < -0.39 is 0 Å². The van der Waals surface area contributed by atoms with Crippen molar-refractivity contribution in [3.8, 4) is 5.88 Å². The van der Waals surface area contributed by atoms with Crippen LogP contribution in [-0.4, -0.2) is 29.1 Å². The molecule has 0 aromatic carbocycles. The quantitative estimate of drug-likeness (QED) is 0.712. The second kappa shape index (κ2) is 8.44. The number of carbonyl (C=O) groups excluding carboxylic acids is 1. The van der Waals surface area contributed by atoms with Gasteiger partial charge in [-0.2, -0.15) is 0 Å². The highest BCUT2D eigenvalue weighted by atomic mass is 16.5. The molecular formula is C18H28N4O2. The minimum absolute atomic E-state index is 0.0346. The summed E-state index contributed by atoms with van der Waals surface area (Å²) in [5.74, 6) is 0.716. The summed E-state index contributed by atoms with van der Waals surface area (Å²) in [6.07, 6.45) is 9.90. The van der Waals surface area contributed by atoms with Gasteiger partial charge in [0.25, 0.3) is 0 Å². The molecule has 3 rings (SSSR count). The minimum atomic E-state index is -0.153. The first-order chi connectivity index (χ1) is 11.7. The SMILES string of the molecule is CCCC1CC(C(=O)NCc2ccc(OC3CCCC3)nc2)NN1. The molecule has 1 saturated heterocycles. The number of nitrogens with zero attached hydrogens (tertiary/aromatic N) is 1. The van der Waals surface area contributed by atoms with Crippen LogP contribution in [0.25, 0.3) is 0 Å². The summed E-state index contributed by atoms with van der Waals surface area (Å²) in [5, 5.41) is 2.97. The summed E-state index contributed by atoms with van der Waals surface area (Å²) in [4.78, 5) is 16.6. The number of pyridine rings is 1. The van der Waals surface area contributed by atoms with Gasteiger partial charge in [0.15, 0.2) is 0 Å². The second-order valence-corrected chi connectivity index (χ2v) is 6.81. The van der Waals surface area contributed by atoms with Gasteiger partial charge in [0.2, 0.25) is 11.8 Å². The first-order valence-electron chi connectivity index (χ1n) is 9.15. The molecular weight excluding hydrogens is 304 g/mol. The predicted octanol–water partition coefficient (Wildman–Crippen LogP) is 2.05. The van der Waals surface area contributed by atoms with Crippen molar-refractivity contribution in [1.29, 1.82) is 0 Å². The van der Waals surface area contributed by atoms with Gasteiger partial charge in [-0.15, -0.1) is 0 Å². The second-order valence-electron chi connectivity index (χ2n) is 6.81. The van der Waals surface area contributed by atoms with Gasteiger partial charge in [-0.05, 0) is 44.1 Å². The molecule has 1 saturated carbocycles. The number of hydrogen-bond donors (Lipinski definition) is 3. The molecule has 3 N–H and O–H groups in total. The largest absolute Gasteiger partial charge is 0.474 e. The Morgan fingerprint density at radius 1 is 1.33 bits per heavy atom. The molecule has 2 aliphatic rings. The fraction of sp³-hybridized carbons (Fsp3) is 0.667. The van der Waals surface area contributed by atoms with E-state index in [0.29, 0.717) is 24.6 Å². The van der Waals surface area contributed by atoms with E-state index in [9.17, 15) is 4.79 Å². The first kappa shape index (κ1) is 17.2. The highest BCUT2D eigenvalue weighted by molar-refractivity contribution is 5.82. The highest BCUT2D eigenvalue weighted by Crippen LogP contribution is 2.22. The van der Waals surface area contributed by atoms with Crippen LogP contribution >= 0.6 is 0 Å². The zero-order valence-corrected chi connectivity index (χ0v) is 14.4. The summed E-state index contributed by atoms with van der Waals surface area (Å²) < 4.78 is 5.86. The normalized spacial score (nSPS) is 24.2. The van der Waals surface area contributed by atoms with Crippen molar-refractivity contribution < 1.29 is 9.53 Å². The summed E-state index contributed by atoms with van der Waals surface area (Å²) in [6, 6.07) is 4.10. The van der Waals surface area contributed by atoms with Gasteiger partial charge < -0.3 is 10.1 Å². The summed E-state index contributed by atoms with van der Waals surface area (Å²) >= 11 is 0. The van der Waals surface area contributed by atoms with Crippen molar-refractivity contribution in [2.24, 2.45) is 0 Å². The van der Waals surface area contributed by atoms with Gasteiger partial charge in [-0.25, -0.2) is 10.4 Å². The van der Waals surface area contributed by atoms with Crippen LogP contribution in [0.4, 0.5) is 0 Å². The third kappa shape index (κ3) is 4.68. The lowest BCUT2D eigenvalue weighted by Gasteiger charge is -2.13. The zero-order valence-electron chi connectivity index (χ0n) is 14.4. The van der Waals surface area contributed by atoms with Crippen LogP contribution in [-0.2, 0) is 11.3 Å². The third-order valence-electron chi connectivity index (χ3n) is 4.79. The van der Waals surface area contributed by atoms with Crippen LogP contribution in [0.5, 0.6) is 5.88 Å². The number of rotatable bonds is 7. The molecule has 1 aliphatic heterocycles. The van der Waals surface area contributed by atoms with Gasteiger partial charge in [0.1, 0.15) is 12.1 Å². The average molecular weight is 332 g/mol. The Kier molecular flexibility index (Phi) is 6.04. The van der Waals surface area contributed by atoms with Crippen molar-refractivity contribution in [2.45, 2.75) is 76.6 Å². The van der Waals surface area contributed by atoms with Crippen molar-refractivity contribution in [1.82, 2.24) is 21.2 Å². The zero-order chi connectivity index (χ0) is 16.8. The maximum absolute atomic E-state index is 12.2. The molecule has 1 aliphatic carbocycles. The van der Waals surface area contributed by atoms with E-state index in [4.69, 9.17) is 4.74 Å². The Morgan fingerprint density at radius 3 is 2.88 bits per heavy atom. The van der Waals surface area contributed by atoms with Gasteiger partial charge in [-0.3, -0.25) is 10.2 Å². The monoisotopic (exact) mass is 332 g/mol. The maximum atomic E-state index is 12.2. The van der Waals surface area contributed by atoms with E-state index in [1.165, 1.54) is 12.8 Å². The fourth-order valence-corrected chi connectivity index (χ4v) is 3.41. The van der Waals surface area contributed by atoms with Crippen LogP contribution in [0.1, 0.15) is 57.4 Å². The Morgan fingerprint density at radius 2 is 2.17 bits per heavy atom. The lowest BCUT2D eigenvalue weighted by Crippen LogP contribution is -2.43. The number of aromatic nitrogens is 1. The van der Waals surface area contributed by atoms with Gasteiger partial charge in [0, 0.05) is 24.8 Å². The van der Waals surface area contributed by atoms with Crippen LogP contribution in [0.15, 0.2) is 18.3 Å². The van der Waals surface area contributed by atoms with Crippen LogP contribution in [0.2, 0.25) is 0 Å².